The molecule has 3 heterocycles. The summed E-state index contributed by atoms with van der Waals surface area (Å²) in [6.07, 6.45) is 7.48. The third-order valence-corrected chi connectivity index (χ3v) is 4.49. The highest BCUT2D eigenvalue weighted by Crippen LogP contribution is 2.30. The summed E-state index contributed by atoms with van der Waals surface area (Å²) in [5.41, 5.74) is 1.12. The van der Waals surface area contributed by atoms with Crippen LogP contribution in [0, 0.1) is 0 Å². The van der Waals surface area contributed by atoms with Crippen molar-refractivity contribution in [2.45, 2.75) is 18.9 Å². The molecule has 2 aromatic rings. The molecule has 0 saturated carbocycles. The molecule has 1 aromatic heterocycles. The largest absolute Gasteiger partial charge is 0.482 e. The van der Waals surface area contributed by atoms with Crippen molar-refractivity contribution >= 4 is 17.5 Å². The predicted octanol–water partition coefficient (Wildman–Crippen LogP) is 1.69. The number of likely N-dealkylation sites (tertiary alicyclic amines) is 1. The van der Waals surface area contributed by atoms with Gasteiger partial charge in [-0.05, 0) is 31.0 Å². The number of hydrogen-bond acceptors (Lipinski definition) is 4. The lowest BCUT2D eigenvalue weighted by Crippen LogP contribution is -2.40. The molecule has 1 fully saturated rings. The first-order valence-electron chi connectivity index (χ1n) is 8.04. The highest BCUT2D eigenvalue weighted by Gasteiger charge is 2.26. The molecule has 0 spiro atoms. The number of amides is 2. The number of benzene rings is 1. The molecular weight excluding hydrogens is 308 g/mol. The number of nitrogens with zero attached hydrogens (tertiary/aromatic N) is 3. The quantitative estimate of drug-likeness (QED) is 0.911. The number of carbonyl (C=O) groups excluding carboxylic acids is 2. The molecule has 0 aliphatic carbocycles. The van der Waals surface area contributed by atoms with Crippen LogP contribution < -0.4 is 10.1 Å². The van der Waals surface area contributed by atoms with Crippen molar-refractivity contribution in [3.05, 3.63) is 42.5 Å². The van der Waals surface area contributed by atoms with Crippen LogP contribution in [0.3, 0.4) is 0 Å². The van der Waals surface area contributed by atoms with Crippen LogP contribution in [0.1, 0.15) is 29.2 Å². The molecule has 7 heteroatoms. The molecule has 7 nitrogen and oxygen atoms in total. The van der Waals surface area contributed by atoms with Gasteiger partial charge in [0.2, 0.25) is 0 Å². The van der Waals surface area contributed by atoms with Crippen molar-refractivity contribution in [3.63, 3.8) is 0 Å². The van der Waals surface area contributed by atoms with Gasteiger partial charge in [-0.3, -0.25) is 9.59 Å². The molecule has 1 saturated heterocycles. The number of anilines is 1. The molecule has 1 atom stereocenters. The van der Waals surface area contributed by atoms with E-state index in [1.807, 2.05) is 11.1 Å². The van der Waals surface area contributed by atoms with Gasteiger partial charge >= 0.3 is 0 Å². The molecular formula is C17H18N4O3. The van der Waals surface area contributed by atoms with Crippen LogP contribution in [0.15, 0.2) is 36.9 Å². The number of imidazole rings is 1. The van der Waals surface area contributed by atoms with Crippen LogP contribution in [-0.4, -0.2) is 46.0 Å². The van der Waals surface area contributed by atoms with Crippen molar-refractivity contribution in [2.24, 2.45) is 0 Å². The number of hydrogen-bond donors (Lipinski definition) is 1. The lowest BCUT2D eigenvalue weighted by molar-refractivity contribution is -0.118. The van der Waals surface area contributed by atoms with Crippen molar-refractivity contribution in [1.29, 1.82) is 0 Å². The summed E-state index contributed by atoms with van der Waals surface area (Å²) >= 11 is 0. The van der Waals surface area contributed by atoms with Crippen LogP contribution in [0.5, 0.6) is 5.75 Å². The first kappa shape index (κ1) is 14.7. The lowest BCUT2D eigenvalue weighted by atomic mass is 10.0. The number of rotatable bonds is 2. The second-order valence-electron chi connectivity index (χ2n) is 6.10. The van der Waals surface area contributed by atoms with Crippen molar-refractivity contribution in [3.8, 4) is 5.75 Å². The molecule has 124 valence electrons. The molecule has 2 aliphatic heterocycles. The van der Waals surface area contributed by atoms with E-state index in [0.717, 1.165) is 19.4 Å². The zero-order chi connectivity index (χ0) is 16.5. The third-order valence-electron chi connectivity index (χ3n) is 4.49. The number of aromatic nitrogens is 2. The summed E-state index contributed by atoms with van der Waals surface area (Å²) in [4.78, 5) is 30.2. The Hall–Kier alpha value is -2.83. The Morgan fingerprint density at radius 3 is 3.12 bits per heavy atom. The predicted molar refractivity (Wildman–Crippen MR) is 87.0 cm³/mol. The molecule has 4 rings (SSSR count). The van der Waals surface area contributed by atoms with Crippen LogP contribution in [0.4, 0.5) is 5.69 Å². The highest BCUT2D eigenvalue weighted by atomic mass is 16.5. The monoisotopic (exact) mass is 326 g/mol. The second kappa shape index (κ2) is 5.99. The fourth-order valence-electron chi connectivity index (χ4n) is 3.27. The van der Waals surface area contributed by atoms with E-state index in [2.05, 4.69) is 14.9 Å². The van der Waals surface area contributed by atoms with Gasteiger partial charge in [-0.25, -0.2) is 4.98 Å². The first-order chi connectivity index (χ1) is 11.7. The number of piperidine rings is 1. The zero-order valence-electron chi connectivity index (χ0n) is 13.1. The number of nitrogens with one attached hydrogen (secondary N) is 1. The van der Waals surface area contributed by atoms with Gasteiger partial charge in [-0.2, -0.15) is 0 Å². The molecule has 24 heavy (non-hydrogen) atoms. The first-order valence-corrected chi connectivity index (χ1v) is 8.04. The Kier molecular flexibility index (Phi) is 3.68. The summed E-state index contributed by atoms with van der Waals surface area (Å²) in [5.74, 6) is 0.369. The van der Waals surface area contributed by atoms with Gasteiger partial charge in [-0.1, -0.05) is 0 Å². The minimum absolute atomic E-state index is 0.0129. The van der Waals surface area contributed by atoms with Gasteiger partial charge in [0, 0.05) is 31.0 Å². The normalized spacial score (nSPS) is 20.1. The zero-order valence-corrected chi connectivity index (χ0v) is 13.1. The van der Waals surface area contributed by atoms with E-state index in [1.54, 1.807) is 30.7 Å². The molecule has 0 unspecified atom stereocenters. The Morgan fingerprint density at radius 2 is 2.29 bits per heavy atom. The molecule has 1 aromatic carbocycles. The number of ether oxygens (including phenoxy) is 1. The van der Waals surface area contributed by atoms with E-state index in [-0.39, 0.29) is 24.5 Å². The minimum Gasteiger partial charge on any atom is -0.482 e. The van der Waals surface area contributed by atoms with Crippen molar-refractivity contribution in [1.82, 2.24) is 14.5 Å². The van der Waals surface area contributed by atoms with E-state index in [4.69, 9.17) is 4.74 Å². The van der Waals surface area contributed by atoms with Crippen LogP contribution in [0.25, 0.3) is 0 Å². The molecule has 1 N–H and O–H groups in total. The van der Waals surface area contributed by atoms with E-state index in [1.165, 1.54) is 0 Å². The maximum Gasteiger partial charge on any atom is 0.262 e. The average Bonchev–Trinajstić information content (AvgIpc) is 3.15. The second-order valence-corrected chi connectivity index (χ2v) is 6.10. The Balaban J connectivity index is 1.53. The smallest absolute Gasteiger partial charge is 0.262 e. The van der Waals surface area contributed by atoms with Crippen LogP contribution in [-0.2, 0) is 4.79 Å². The SMILES string of the molecule is O=C1COc2ccc(C(=O)N3CCC[C@@H](n4ccnc4)C3)cc2N1. The summed E-state index contributed by atoms with van der Waals surface area (Å²) in [5, 5.41) is 2.74. The van der Waals surface area contributed by atoms with Gasteiger partial charge in [0.1, 0.15) is 5.75 Å². The third kappa shape index (κ3) is 2.73. The van der Waals surface area contributed by atoms with Gasteiger partial charge in [0.25, 0.3) is 11.8 Å². The topological polar surface area (TPSA) is 76.5 Å². The fraction of sp³-hybridized carbons (Fsp3) is 0.353. The van der Waals surface area contributed by atoms with E-state index in [9.17, 15) is 9.59 Å². The summed E-state index contributed by atoms with van der Waals surface area (Å²) in [6.45, 7) is 1.41. The minimum atomic E-state index is -0.203. The molecule has 2 aliphatic rings. The Labute approximate surface area is 139 Å². The molecule has 0 radical (unpaired) electrons. The summed E-state index contributed by atoms with van der Waals surface area (Å²) in [6, 6.07) is 5.43. The van der Waals surface area contributed by atoms with Crippen molar-refractivity contribution < 1.29 is 14.3 Å². The Morgan fingerprint density at radius 1 is 1.38 bits per heavy atom. The summed E-state index contributed by atoms with van der Waals surface area (Å²) in [7, 11) is 0. The standard InChI is InChI=1S/C17H18N4O3/c22-16-10-24-15-4-3-12(8-14(15)19-16)17(23)20-6-1-2-13(9-20)21-7-5-18-11-21/h3-5,7-8,11,13H,1-2,6,9-10H2,(H,19,22)/t13-/m1/s1. The maximum atomic E-state index is 12.8. The van der Waals surface area contributed by atoms with Gasteiger partial charge in [0.15, 0.2) is 6.61 Å². The van der Waals surface area contributed by atoms with Gasteiger partial charge in [-0.15, -0.1) is 0 Å². The van der Waals surface area contributed by atoms with E-state index >= 15 is 0 Å². The van der Waals surface area contributed by atoms with Crippen molar-refractivity contribution in [2.75, 3.05) is 25.0 Å². The van der Waals surface area contributed by atoms with Gasteiger partial charge < -0.3 is 19.5 Å². The molecule has 2 amide bonds. The average molecular weight is 326 g/mol. The van der Waals surface area contributed by atoms with E-state index < -0.39 is 0 Å². The lowest BCUT2D eigenvalue weighted by Gasteiger charge is -2.33. The van der Waals surface area contributed by atoms with Crippen LogP contribution in [0.2, 0.25) is 0 Å². The number of carbonyl (C=O) groups is 2. The fourth-order valence-corrected chi connectivity index (χ4v) is 3.27. The Bertz CT molecular complexity index is 772. The van der Waals surface area contributed by atoms with Gasteiger partial charge in [0.05, 0.1) is 18.1 Å². The maximum absolute atomic E-state index is 12.8. The van der Waals surface area contributed by atoms with E-state index in [0.29, 0.717) is 23.5 Å². The molecule has 0 bridgehead atoms. The van der Waals surface area contributed by atoms with Crippen LogP contribution >= 0.6 is 0 Å². The number of fused-ring (bicyclic) bond motifs is 1. The summed E-state index contributed by atoms with van der Waals surface area (Å²) < 4.78 is 7.39. The highest BCUT2D eigenvalue weighted by molar-refractivity contribution is 5.99.